The summed E-state index contributed by atoms with van der Waals surface area (Å²) in [6.45, 7) is 0.357. The van der Waals surface area contributed by atoms with Crippen molar-refractivity contribution in [2.75, 3.05) is 0 Å². The van der Waals surface area contributed by atoms with Gasteiger partial charge in [-0.2, -0.15) is 5.10 Å². The molecule has 1 saturated carbocycles. The van der Waals surface area contributed by atoms with Gasteiger partial charge in [0.2, 0.25) is 5.91 Å². The number of hydrogen-bond acceptors (Lipinski definition) is 4. The number of nitrogens with one attached hydrogen (secondary N) is 1. The molecule has 0 saturated heterocycles. The van der Waals surface area contributed by atoms with Gasteiger partial charge in [-0.25, -0.2) is 14.1 Å². The zero-order valence-corrected chi connectivity index (χ0v) is 10.8. The van der Waals surface area contributed by atoms with Gasteiger partial charge in [0.05, 0.1) is 37.0 Å². The average Bonchev–Trinajstić information content (AvgIpc) is 2.82. The molecule has 2 heterocycles. The number of rotatable bonds is 4. The lowest BCUT2D eigenvalue weighted by Gasteiger charge is -2.23. The van der Waals surface area contributed by atoms with E-state index >= 15 is 0 Å². The van der Waals surface area contributed by atoms with E-state index < -0.39 is 5.82 Å². The molecule has 2 aromatic rings. The second kappa shape index (κ2) is 5.36. The van der Waals surface area contributed by atoms with Crippen LogP contribution in [0.4, 0.5) is 4.39 Å². The van der Waals surface area contributed by atoms with E-state index in [1.807, 2.05) is 0 Å². The Morgan fingerprint density at radius 2 is 2.20 bits per heavy atom. The summed E-state index contributed by atoms with van der Waals surface area (Å²) < 4.78 is 14.1. The largest absolute Gasteiger partial charge is 0.350 e. The summed E-state index contributed by atoms with van der Waals surface area (Å²) in [5.41, 5.74) is 0.661. The fraction of sp³-hybridized carbons (Fsp3) is 0.385. The van der Waals surface area contributed by atoms with Gasteiger partial charge in [-0.1, -0.05) is 6.42 Å². The summed E-state index contributed by atoms with van der Waals surface area (Å²) in [5.74, 6) is 0.247. The summed E-state index contributed by atoms with van der Waals surface area (Å²) in [7, 11) is 0. The van der Waals surface area contributed by atoms with Crippen LogP contribution in [0.25, 0.3) is 5.82 Å². The second-order valence-corrected chi connectivity index (χ2v) is 4.81. The number of carbonyl (C=O) groups is 1. The lowest BCUT2D eigenvalue weighted by molar-refractivity contribution is -0.127. The summed E-state index contributed by atoms with van der Waals surface area (Å²) in [4.78, 5) is 20.0. The minimum atomic E-state index is -0.427. The van der Waals surface area contributed by atoms with Crippen molar-refractivity contribution in [3.05, 3.63) is 36.3 Å². The fourth-order valence-electron chi connectivity index (χ4n) is 1.98. The standard InChI is InChI=1S/C13H14FN5O/c14-10-4-18-19(8-10)12-7-15-11(5-16-12)6-17-13(20)9-2-1-3-9/h4-5,7-9H,1-3,6H2,(H,17,20). The maximum Gasteiger partial charge on any atom is 0.223 e. The van der Waals surface area contributed by atoms with Crippen LogP contribution < -0.4 is 5.32 Å². The van der Waals surface area contributed by atoms with Gasteiger partial charge in [0, 0.05) is 5.92 Å². The Hall–Kier alpha value is -2.31. The van der Waals surface area contributed by atoms with E-state index in [4.69, 9.17) is 0 Å². The molecule has 1 aliphatic rings. The molecule has 3 rings (SSSR count). The smallest absolute Gasteiger partial charge is 0.223 e. The number of amides is 1. The fourth-order valence-corrected chi connectivity index (χ4v) is 1.98. The van der Waals surface area contributed by atoms with Crippen LogP contribution in [0.15, 0.2) is 24.8 Å². The number of aromatic nitrogens is 4. The number of hydrogen-bond donors (Lipinski definition) is 1. The van der Waals surface area contributed by atoms with Crippen molar-refractivity contribution in [1.82, 2.24) is 25.1 Å². The van der Waals surface area contributed by atoms with E-state index in [0.29, 0.717) is 18.1 Å². The van der Waals surface area contributed by atoms with Gasteiger partial charge in [-0.05, 0) is 12.8 Å². The molecule has 6 nitrogen and oxygen atoms in total. The van der Waals surface area contributed by atoms with Crippen LogP contribution in [0.1, 0.15) is 25.0 Å². The molecule has 1 aliphatic carbocycles. The highest BCUT2D eigenvalue weighted by molar-refractivity contribution is 5.79. The number of carbonyl (C=O) groups excluding carboxylic acids is 1. The molecule has 0 atom stereocenters. The topological polar surface area (TPSA) is 72.7 Å². The van der Waals surface area contributed by atoms with Crippen molar-refractivity contribution in [2.24, 2.45) is 5.92 Å². The Kier molecular flexibility index (Phi) is 3.41. The Morgan fingerprint density at radius 1 is 1.35 bits per heavy atom. The van der Waals surface area contributed by atoms with Crippen LogP contribution in [0.3, 0.4) is 0 Å². The molecule has 7 heteroatoms. The molecule has 0 aliphatic heterocycles. The van der Waals surface area contributed by atoms with Crippen LogP contribution in [0, 0.1) is 11.7 Å². The Balaban J connectivity index is 1.59. The molecule has 0 radical (unpaired) electrons. The van der Waals surface area contributed by atoms with Gasteiger partial charge in [-0.15, -0.1) is 0 Å². The molecule has 0 spiro atoms. The average molecular weight is 275 g/mol. The third-order valence-corrected chi connectivity index (χ3v) is 3.40. The van der Waals surface area contributed by atoms with Gasteiger partial charge >= 0.3 is 0 Å². The van der Waals surface area contributed by atoms with Crippen molar-refractivity contribution in [3.8, 4) is 5.82 Å². The molecule has 1 amide bonds. The highest BCUT2D eigenvalue weighted by atomic mass is 19.1. The van der Waals surface area contributed by atoms with E-state index in [-0.39, 0.29) is 11.8 Å². The molecule has 0 aromatic carbocycles. The van der Waals surface area contributed by atoms with Crippen LogP contribution in [0.5, 0.6) is 0 Å². The lowest BCUT2D eigenvalue weighted by Crippen LogP contribution is -2.34. The van der Waals surface area contributed by atoms with Gasteiger partial charge in [-0.3, -0.25) is 9.78 Å². The highest BCUT2D eigenvalue weighted by Gasteiger charge is 2.24. The van der Waals surface area contributed by atoms with Crippen molar-refractivity contribution in [2.45, 2.75) is 25.8 Å². The predicted octanol–water partition coefficient (Wildman–Crippen LogP) is 1.22. The molecule has 0 unspecified atom stereocenters. The lowest BCUT2D eigenvalue weighted by atomic mass is 9.85. The van der Waals surface area contributed by atoms with Gasteiger partial charge in [0.1, 0.15) is 0 Å². The summed E-state index contributed by atoms with van der Waals surface area (Å²) in [6.07, 6.45) is 8.46. The maximum absolute atomic E-state index is 12.8. The molecule has 104 valence electrons. The molecule has 0 bridgehead atoms. The molecule has 1 fully saturated rings. The molecule has 20 heavy (non-hydrogen) atoms. The van der Waals surface area contributed by atoms with Crippen LogP contribution in [-0.4, -0.2) is 25.7 Å². The first-order valence-electron chi connectivity index (χ1n) is 6.51. The van der Waals surface area contributed by atoms with Crippen LogP contribution in [-0.2, 0) is 11.3 Å². The highest BCUT2D eigenvalue weighted by Crippen LogP contribution is 2.26. The quantitative estimate of drug-likeness (QED) is 0.910. The minimum absolute atomic E-state index is 0.0799. The monoisotopic (exact) mass is 275 g/mol. The Morgan fingerprint density at radius 3 is 2.75 bits per heavy atom. The summed E-state index contributed by atoms with van der Waals surface area (Å²) in [5, 5.41) is 6.64. The zero-order valence-electron chi connectivity index (χ0n) is 10.8. The van der Waals surface area contributed by atoms with Crippen LogP contribution >= 0.6 is 0 Å². The van der Waals surface area contributed by atoms with Gasteiger partial charge < -0.3 is 5.32 Å². The SMILES string of the molecule is O=C(NCc1cnc(-n2cc(F)cn2)cn1)C1CCC1. The summed E-state index contributed by atoms with van der Waals surface area (Å²) >= 11 is 0. The maximum atomic E-state index is 12.8. The van der Waals surface area contributed by atoms with E-state index in [9.17, 15) is 9.18 Å². The van der Waals surface area contributed by atoms with E-state index in [2.05, 4.69) is 20.4 Å². The van der Waals surface area contributed by atoms with Crippen LogP contribution in [0.2, 0.25) is 0 Å². The van der Waals surface area contributed by atoms with E-state index in [1.165, 1.54) is 17.1 Å². The third kappa shape index (κ3) is 2.66. The van der Waals surface area contributed by atoms with Gasteiger partial charge in [0.15, 0.2) is 11.6 Å². The van der Waals surface area contributed by atoms with Crippen molar-refractivity contribution in [3.63, 3.8) is 0 Å². The van der Waals surface area contributed by atoms with Crippen molar-refractivity contribution >= 4 is 5.91 Å². The molecule has 1 N–H and O–H groups in total. The van der Waals surface area contributed by atoms with Crippen molar-refractivity contribution < 1.29 is 9.18 Å². The Bertz CT molecular complexity index is 605. The Labute approximate surface area is 115 Å². The minimum Gasteiger partial charge on any atom is -0.350 e. The normalized spacial score (nSPS) is 14.8. The molecular weight excluding hydrogens is 261 g/mol. The third-order valence-electron chi connectivity index (χ3n) is 3.40. The first-order chi connectivity index (χ1) is 9.72. The first kappa shape index (κ1) is 12.7. The van der Waals surface area contributed by atoms with E-state index in [0.717, 1.165) is 25.5 Å². The zero-order chi connectivity index (χ0) is 13.9. The number of halogens is 1. The summed E-state index contributed by atoms with van der Waals surface area (Å²) in [6, 6.07) is 0. The predicted molar refractivity (Wildman–Crippen MR) is 68.3 cm³/mol. The van der Waals surface area contributed by atoms with E-state index in [1.54, 1.807) is 6.20 Å². The second-order valence-electron chi connectivity index (χ2n) is 4.81. The van der Waals surface area contributed by atoms with Crippen molar-refractivity contribution in [1.29, 1.82) is 0 Å². The first-order valence-corrected chi connectivity index (χ1v) is 6.51. The molecular formula is C13H14FN5O. The van der Waals surface area contributed by atoms with Gasteiger partial charge in [0.25, 0.3) is 0 Å². The number of nitrogens with zero attached hydrogens (tertiary/aromatic N) is 4. The molecule has 2 aromatic heterocycles.